The van der Waals surface area contributed by atoms with Crippen LogP contribution in [-0.2, 0) is 20.8 Å². The summed E-state index contributed by atoms with van der Waals surface area (Å²) in [5, 5.41) is 6.08. The lowest BCUT2D eigenvalue weighted by molar-refractivity contribution is 0.0136. The maximum atomic E-state index is 14.0. The second-order valence-corrected chi connectivity index (χ2v) is 16.9. The molecule has 0 saturated carbocycles. The molecule has 13 heteroatoms. The molecule has 0 aliphatic carbocycles. The molecular weight excluding hydrogens is 714 g/mol. The van der Waals surface area contributed by atoms with E-state index >= 15 is 0 Å². The summed E-state index contributed by atoms with van der Waals surface area (Å²) in [5.74, 6) is 1.19. The summed E-state index contributed by atoms with van der Waals surface area (Å²) in [7, 11) is 0. The maximum absolute atomic E-state index is 14.0. The van der Waals surface area contributed by atoms with E-state index in [1.165, 1.54) is 9.25 Å². The summed E-state index contributed by atoms with van der Waals surface area (Å²) in [5.41, 5.74) is 0.755. The van der Waals surface area contributed by atoms with Crippen LogP contribution < -0.4 is 9.47 Å². The van der Waals surface area contributed by atoms with Gasteiger partial charge >= 0.3 is 18.3 Å². The van der Waals surface area contributed by atoms with E-state index in [9.17, 15) is 14.4 Å². The zero-order chi connectivity index (χ0) is 40.4. The predicted molar refractivity (Wildman–Crippen MR) is 214 cm³/mol. The van der Waals surface area contributed by atoms with E-state index in [1.807, 2.05) is 102 Å². The second kappa shape index (κ2) is 15.9. The Hall–Kier alpha value is -5.56. The zero-order valence-corrected chi connectivity index (χ0v) is 33.9. The summed E-state index contributed by atoms with van der Waals surface area (Å²) in [6, 6.07) is 22.5. The summed E-state index contributed by atoms with van der Waals surface area (Å²) < 4.78 is 32.3. The van der Waals surface area contributed by atoms with E-state index in [4.69, 9.17) is 28.8 Å². The van der Waals surface area contributed by atoms with Gasteiger partial charge in [0.15, 0.2) is 0 Å². The maximum Gasteiger partial charge on any atom is 0.435 e. The van der Waals surface area contributed by atoms with Crippen molar-refractivity contribution in [3.8, 4) is 22.9 Å². The second-order valence-electron chi connectivity index (χ2n) is 16.9. The minimum absolute atomic E-state index is 0.291. The number of nitrogens with zero attached hydrogens (tertiary/aromatic N) is 5. The van der Waals surface area contributed by atoms with Crippen molar-refractivity contribution in [2.24, 2.45) is 0 Å². The normalized spacial score (nSPS) is 14.2. The Morgan fingerprint density at radius 2 is 1.23 bits per heavy atom. The van der Waals surface area contributed by atoms with E-state index in [-0.39, 0.29) is 6.09 Å². The summed E-state index contributed by atoms with van der Waals surface area (Å²) in [6.45, 7) is 20.4. The molecule has 13 nitrogen and oxygen atoms in total. The van der Waals surface area contributed by atoms with Crippen LogP contribution in [0.5, 0.6) is 11.5 Å². The van der Waals surface area contributed by atoms with Gasteiger partial charge in [-0.3, -0.25) is 4.90 Å². The molecule has 0 spiro atoms. The summed E-state index contributed by atoms with van der Waals surface area (Å²) in [4.78, 5) is 44.0. The number of aromatic nitrogens is 3. The van der Waals surface area contributed by atoms with Crippen LogP contribution in [0.3, 0.4) is 0 Å². The van der Waals surface area contributed by atoms with Crippen molar-refractivity contribution in [2.75, 3.05) is 39.3 Å². The molecule has 1 aliphatic heterocycles. The molecule has 0 radical (unpaired) electrons. The van der Waals surface area contributed by atoms with Crippen molar-refractivity contribution in [3.05, 3.63) is 78.4 Å². The van der Waals surface area contributed by atoms with Crippen LogP contribution in [0.1, 0.15) is 67.9 Å². The molecule has 0 bridgehead atoms. The Labute approximate surface area is 328 Å². The molecule has 0 unspecified atom stereocenters. The topological polar surface area (TPSA) is 127 Å². The lowest BCUT2D eigenvalue weighted by Crippen LogP contribution is -2.50. The lowest BCUT2D eigenvalue weighted by Gasteiger charge is -2.35. The highest BCUT2D eigenvalue weighted by atomic mass is 16.6. The zero-order valence-electron chi connectivity index (χ0n) is 33.9. The van der Waals surface area contributed by atoms with Crippen molar-refractivity contribution < 1.29 is 38.1 Å². The van der Waals surface area contributed by atoms with Gasteiger partial charge in [-0.1, -0.05) is 30.3 Å². The van der Waals surface area contributed by atoms with Crippen LogP contribution in [0.15, 0.2) is 72.8 Å². The molecule has 1 saturated heterocycles. The minimum Gasteiger partial charge on any atom is -0.492 e. The minimum atomic E-state index is -0.789. The highest BCUT2D eigenvalue weighted by molar-refractivity contribution is 6.03. The molecule has 0 N–H and O–H groups in total. The van der Waals surface area contributed by atoms with Crippen molar-refractivity contribution >= 4 is 40.1 Å². The van der Waals surface area contributed by atoms with E-state index in [0.29, 0.717) is 90.6 Å². The molecule has 6 rings (SSSR count). The van der Waals surface area contributed by atoms with E-state index < -0.39 is 29.0 Å². The Balaban J connectivity index is 1.31. The van der Waals surface area contributed by atoms with Crippen LogP contribution in [0.25, 0.3) is 33.2 Å². The molecule has 1 fully saturated rings. The lowest BCUT2D eigenvalue weighted by atomic mass is 10.1. The fourth-order valence-electron chi connectivity index (χ4n) is 6.30. The number of rotatable bonds is 8. The average molecular weight is 768 g/mol. The number of amides is 1. The molecule has 298 valence electrons. The van der Waals surface area contributed by atoms with Gasteiger partial charge in [-0.2, -0.15) is 9.78 Å². The van der Waals surface area contributed by atoms with Gasteiger partial charge in [-0.25, -0.2) is 19.0 Å². The first kappa shape index (κ1) is 40.1. The van der Waals surface area contributed by atoms with Crippen LogP contribution >= 0.6 is 0 Å². The number of hydrogen-bond acceptors (Lipinski definition) is 10. The monoisotopic (exact) mass is 767 g/mol. The number of carbonyl (C=O) groups excluding carboxylic acids is 3. The van der Waals surface area contributed by atoms with Gasteiger partial charge in [-0.05, 0) is 110 Å². The quantitative estimate of drug-likeness (QED) is 0.142. The predicted octanol–water partition coefficient (Wildman–Crippen LogP) is 8.73. The standard InChI is InChI=1S/C43H53N5O8/c1-41(2,3)54-38(49)46-21-19-45(20-22-46)23-24-52-31-15-17-34-30(25-31)26-36(47(34)39(50)55-42(4,5)6)37-33-27-32(53-28-29-13-11-10-12-14-29)16-18-35(33)48(44-37)40(51)56-43(7,8)9/h10-18,25-27H,19-24,28H2,1-9H3. The van der Waals surface area contributed by atoms with Crippen LogP contribution in [0.4, 0.5) is 14.4 Å². The molecule has 2 aromatic heterocycles. The van der Waals surface area contributed by atoms with E-state index in [2.05, 4.69) is 4.90 Å². The molecule has 3 aromatic carbocycles. The first-order valence-corrected chi connectivity index (χ1v) is 19.0. The van der Waals surface area contributed by atoms with Gasteiger partial charge in [0.2, 0.25) is 0 Å². The third-order valence-corrected chi connectivity index (χ3v) is 8.76. The smallest absolute Gasteiger partial charge is 0.435 e. The first-order valence-electron chi connectivity index (χ1n) is 19.0. The number of benzene rings is 3. The molecule has 5 aromatic rings. The molecule has 3 heterocycles. The highest BCUT2D eigenvalue weighted by Gasteiger charge is 2.29. The van der Waals surface area contributed by atoms with Crippen LogP contribution in [0.2, 0.25) is 0 Å². The van der Waals surface area contributed by atoms with E-state index in [0.717, 1.165) is 5.56 Å². The third kappa shape index (κ3) is 9.99. The fourth-order valence-corrected chi connectivity index (χ4v) is 6.30. The Morgan fingerprint density at radius 1 is 0.643 bits per heavy atom. The molecule has 56 heavy (non-hydrogen) atoms. The summed E-state index contributed by atoms with van der Waals surface area (Å²) >= 11 is 0. The van der Waals surface area contributed by atoms with Crippen molar-refractivity contribution in [1.29, 1.82) is 0 Å². The van der Waals surface area contributed by atoms with Crippen LogP contribution in [-0.4, -0.2) is 98.6 Å². The number of ether oxygens (including phenoxy) is 5. The largest absolute Gasteiger partial charge is 0.492 e. The van der Waals surface area contributed by atoms with Crippen LogP contribution in [0, 0.1) is 0 Å². The molecule has 1 amide bonds. The third-order valence-electron chi connectivity index (χ3n) is 8.76. The molecular formula is C43H53N5O8. The highest BCUT2D eigenvalue weighted by Crippen LogP contribution is 2.37. The summed E-state index contributed by atoms with van der Waals surface area (Å²) in [6.07, 6.45) is -1.55. The number of carbonyl (C=O) groups is 3. The van der Waals surface area contributed by atoms with Crippen molar-refractivity contribution in [2.45, 2.75) is 85.7 Å². The SMILES string of the molecule is CC(C)(C)OC(=O)N1CCN(CCOc2ccc3c(c2)cc(-c2nn(C(=O)OC(C)(C)C)c4ccc(OCc5ccccc5)cc24)n3C(=O)OC(C)(C)C)CC1. The Bertz CT molecular complexity index is 2200. The Morgan fingerprint density at radius 3 is 1.88 bits per heavy atom. The van der Waals surface area contributed by atoms with Gasteiger partial charge in [0.25, 0.3) is 0 Å². The number of piperazine rings is 1. The number of fused-ring (bicyclic) bond motifs is 2. The Kier molecular flexibility index (Phi) is 11.4. The van der Waals surface area contributed by atoms with Gasteiger partial charge in [0.05, 0.1) is 16.7 Å². The van der Waals surface area contributed by atoms with Crippen molar-refractivity contribution in [3.63, 3.8) is 0 Å². The fraction of sp³-hybridized carbons (Fsp3) is 0.442. The van der Waals surface area contributed by atoms with Gasteiger partial charge in [0.1, 0.15) is 47.2 Å². The number of hydrogen-bond donors (Lipinski definition) is 0. The van der Waals surface area contributed by atoms with Crippen molar-refractivity contribution in [1.82, 2.24) is 24.1 Å². The molecule has 1 aliphatic rings. The first-order chi connectivity index (χ1) is 26.3. The van der Waals surface area contributed by atoms with Gasteiger partial charge in [0, 0.05) is 43.5 Å². The van der Waals surface area contributed by atoms with Gasteiger partial charge in [-0.15, -0.1) is 0 Å². The van der Waals surface area contributed by atoms with E-state index in [1.54, 1.807) is 37.8 Å². The molecule has 0 atom stereocenters. The van der Waals surface area contributed by atoms with Gasteiger partial charge < -0.3 is 28.6 Å². The average Bonchev–Trinajstić information content (AvgIpc) is 3.68.